The zero-order valence-corrected chi connectivity index (χ0v) is 9.44. The van der Waals surface area contributed by atoms with E-state index in [1.807, 2.05) is 13.8 Å². The van der Waals surface area contributed by atoms with E-state index < -0.39 is 0 Å². The Morgan fingerprint density at radius 2 is 1.58 bits per heavy atom. The van der Waals surface area contributed by atoms with Gasteiger partial charge in [-0.2, -0.15) is 0 Å². The van der Waals surface area contributed by atoms with Crippen LogP contribution in [0.3, 0.4) is 0 Å². The lowest BCUT2D eigenvalue weighted by Crippen LogP contribution is -2.45. The molecule has 0 radical (unpaired) electrons. The maximum absolute atomic E-state index is 4.94. The second-order valence-corrected chi connectivity index (χ2v) is 3.97. The van der Waals surface area contributed by atoms with E-state index in [-0.39, 0.29) is 6.17 Å². The third kappa shape index (κ3) is 6.49. The quantitative estimate of drug-likeness (QED) is 0.540. The fourth-order valence-corrected chi connectivity index (χ4v) is 1.24. The summed E-state index contributed by atoms with van der Waals surface area (Å²) in [5.74, 6) is 0. The van der Waals surface area contributed by atoms with Crippen molar-refractivity contribution in [3.63, 3.8) is 0 Å². The van der Waals surface area contributed by atoms with Crippen molar-refractivity contribution in [3.8, 4) is 0 Å². The molecule has 0 aromatic rings. The van der Waals surface area contributed by atoms with Gasteiger partial charge in [0.25, 0.3) is 0 Å². The van der Waals surface area contributed by atoms with Gasteiger partial charge in [-0.05, 0) is 20.3 Å². The van der Waals surface area contributed by atoms with E-state index in [9.17, 15) is 0 Å². The van der Waals surface area contributed by atoms with Gasteiger partial charge in [0, 0.05) is 0 Å². The van der Waals surface area contributed by atoms with E-state index in [2.05, 4.69) is 17.6 Å². The van der Waals surface area contributed by atoms with Crippen LogP contribution in [-0.4, -0.2) is 16.1 Å². The van der Waals surface area contributed by atoms with E-state index in [0.717, 1.165) is 22.8 Å². The predicted octanol–water partition coefficient (Wildman–Crippen LogP) is 1.99. The molecule has 70 valence electrons. The van der Waals surface area contributed by atoms with Gasteiger partial charge in [0.2, 0.25) is 0 Å². The van der Waals surface area contributed by atoms with Crippen LogP contribution in [0.25, 0.3) is 0 Å². The molecule has 0 bridgehead atoms. The zero-order valence-electron chi connectivity index (χ0n) is 7.81. The summed E-state index contributed by atoms with van der Waals surface area (Å²) in [7, 11) is 0. The Balaban J connectivity index is 3.85. The lowest BCUT2D eigenvalue weighted by molar-refractivity contribution is 0.526. The number of rotatable bonds is 4. The largest absolute Gasteiger partial charge is 0.360 e. The van der Waals surface area contributed by atoms with Gasteiger partial charge in [0.15, 0.2) is 0 Å². The molecule has 0 aromatic heterocycles. The van der Waals surface area contributed by atoms with Gasteiger partial charge in [-0.3, -0.25) is 0 Å². The molecule has 2 nitrogen and oxygen atoms in total. The van der Waals surface area contributed by atoms with Crippen LogP contribution < -0.4 is 10.6 Å². The third-order valence-corrected chi connectivity index (χ3v) is 1.57. The zero-order chi connectivity index (χ0) is 9.56. The SMILES string of the molecule is CCCC(NC(C)=S)NC(C)=S. The monoisotopic (exact) mass is 204 g/mol. The normalized spacial score (nSPS) is 9.67. The highest BCUT2D eigenvalue weighted by Crippen LogP contribution is 1.93. The first-order chi connectivity index (χ1) is 5.56. The van der Waals surface area contributed by atoms with Crippen LogP contribution in [-0.2, 0) is 0 Å². The smallest absolute Gasteiger partial charge is 0.0971 e. The number of hydrogen-bond donors (Lipinski definition) is 2. The summed E-state index contributed by atoms with van der Waals surface area (Å²) >= 11 is 9.89. The van der Waals surface area contributed by atoms with Gasteiger partial charge in [-0.25, -0.2) is 0 Å². The summed E-state index contributed by atoms with van der Waals surface area (Å²) in [4.78, 5) is 1.61. The van der Waals surface area contributed by atoms with Gasteiger partial charge >= 0.3 is 0 Å². The minimum atomic E-state index is 0.199. The Hall–Kier alpha value is -0.220. The van der Waals surface area contributed by atoms with Gasteiger partial charge in [0.05, 0.1) is 16.1 Å². The van der Waals surface area contributed by atoms with Crippen molar-refractivity contribution in [3.05, 3.63) is 0 Å². The highest BCUT2D eigenvalue weighted by Gasteiger charge is 2.05. The molecular weight excluding hydrogens is 188 g/mol. The molecule has 2 N–H and O–H groups in total. The van der Waals surface area contributed by atoms with Gasteiger partial charge < -0.3 is 10.6 Å². The average molecular weight is 204 g/mol. The van der Waals surface area contributed by atoms with Crippen molar-refractivity contribution < 1.29 is 0 Å². The molecule has 0 unspecified atom stereocenters. The Bertz CT molecular complexity index is 152. The number of thiocarbonyl (C=S) groups is 2. The molecule has 0 aliphatic heterocycles. The first-order valence-corrected chi connectivity index (χ1v) is 4.92. The molecule has 0 fully saturated rings. The summed E-state index contributed by atoms with van der Waals surface area (Å²) in [5, 5.41) is 6.29. The van der Waals surface area contributed by atoms with Crippen LogP contribution >= 0.6 is 24.4 Å². The van der Waals surface area contributed by atoms with Gasteiger partial charge in [0.1, 0.15) is 0 Å². The Morgan fingerprint density at radius 1 is 1.17 bits per heavy atom. The second-order valence-electron chi connectivity index (χ2n) is 2.74. The summed E-state index contributed by atoms with van der Waals surface area (Å²) in [5.41, 5.74) is 0. The van der Waals surface area contributed by atoms with Crippen LogP contribution in [0.4, 0.5) is 0 Å². The molecule has 0 saturated carbocycles. The molecular formula is C8H16N2S2. The molecule has 0 spiro atoms. The van der Waals surface area contributed by atoms with Crippen molar-refractivity contribution in [2.75, 3.05) is 0 Å². The molecule has 0 aliphatic carbocycles. The van der Waals surface area contributed by atoms with Gasteiger partial charge in [-0.15, -0.1) is 0 Å². The molecule has 4 heteroatoms. The fraction of sp³-hybridized carbons (Fsp3) is 0.750. The lowest BCUT2D eigenvalue weighted by Gasteiger charge is -2.20. The first-order valence-electron chi connectivity index (χ1n) is 4.10. The van der Waals surface area contributed by atoms with Crippen molar-refractivity contribution >= 4 is 34.4 Å². The van der Waals surface area contributed by atoms with Crippen molar-refractivity contribution in [1.29, 1.82) is 0 Å². The van der Waals surface area contributed by atoms with Crippen LogP contribution in [0.5, 0.6) is 0 Å². The van der Waals surface area contributed by atoms with E-state index >= 15 is 0 Å². The minimum absolute atomic E-state index is 0.199. The molecule has 0 atom stereocenters. The first kappa shape index (κ1) is 11.8. The van der Waals surface area contributed by atoms with Crippen LogP contribution in [0.2, 0.25) is 0 Å². The average Bonchev–Trinajstić information content (AvgIpc) is 1.84. The van der Waals surface area contributed by atoms with Gasteiger partial charge in [-0.1, -0.05) is 37.8 Å². The summed E-state index contributed by atoms with van der Waals surface area (Å²) in [6, 6.07) is 0. The Labute approximate surface area is 85.1 Å². The lowest BCUT2D eigenvalue weighted by atomic mass is 10.2. The predicted molar refractivity (Wildman–Crippen MR) is 61.5 cm³/mol. The van der Waals surface area contributed by atoms with E-state index in [1.165, 1.54) is 0 Å². The van der Waals surface area contributed by atoms with Crippen LogP contribution in [0, 0.1) is 0 Å². The third-order valence-electron chi connectivity index (χ3n) is 1.33. The van der Waals surface area contributed by atoms with E-state index in [4.69, 9.17) is 24.4 Å². The summed E-state index contributed by atoms with van der Waals surface area (Å²) in [6.45, 7) is 5.88. The highest BCUT2D eigenvalue weighted by molar-refractivity contribution is 7.80. The van der Waals surface area contributed by atoms with E-state index in [1.54, 1.807) is 0 Å². The minimum Gasteiger partial charge on any atom is -0.360 e. The standard InChI is InChI=1S/C8H16N2S2/c1-4-5-8(9-6(2)11)10-7(3)12/h8H,4-5H2,1-3H3,(H,9,11)(H,10,12). The molecule has 0 aromatic carbocycles. The summed E-state index contributed by atoms with van der Waals surface area (Å²) in [6.07, 6.45) is 2.34. The number of hydrogen-bond acceptors (Lipinski definition) is 2. The molecule has 0 amide bonds. The van der Waals surface area contributed by atoms with E-state index in [0.29, 0.717) is 0 Å². The highest BCUT2D eigenvalue weighted by atomic mass is 32.1. The fourth-order valence-electron chi connectivity index (χ4n) is 0.960. The molecule has 0 saturated heterocycles. The topological polar surface area (TPSA) is 24.1 Å². The molecule has 12 heavy (non-hydrogen) atoms. The van der Waals surface area contributed by atoms with Crippen molar-refractivity contribution in [1.82, 2.24) is 10.6 Å². The van der Waals surface area contributed by atoms with Crippen LogP contribution in [0.1, 0.15) is 33.6 Å². The van der Waals surface area contributed by atoms with Crippen molar-refractivity contribution in [2.24, 2.45) is 0 Å². The summed E-state index contributed by atoms with van der Waals surface area (Å²) < 4.78 is 0. The maximum atomic E-state index is 4.94. The molecule has 0 rings (SSSR count). The Morgan fingerprint density at radius 3 is 1.83 bits per heavy atom. The van der Waals surface area contributed by atoms with Crippen LogP contribution in [0.15, 0.2) is 0 Å². The maximum Gasteiger partial charge on any atom is 0.0971 e. The molecule has 0 aliphatic rings. The number of nitrogens with one attached hydrogen (secondary N) is 2. The van der Waals surface area contributed by atoms with Crippen molar-refractivity contribution in [2.45, 2.75) is 39.8 Å². The second kappa shape index (κ2) is 6.31. The Kier molecular flexibility index (Phi) is 6.20. The molecule has 0 heterocycles.